The molecule has 5 heteroatoms. The summed E-state index contributed by atoms with van der Waals surface area (Å²) in [7, 11) is 0. The van der Waals surface area contributed by atoms with Gasteiger partial charge in [0.25, 0.3) is 5.91 Å². The third-order valence-electron chi connectivity index (χ3n) is 4.37. The number of hydrazone groups is 2. The second-order valence-corrected chi connectivity index (χ2v) is 5.47. The molecule has 0 aromatic heterocycles. The van der Waals surface area contributed by atoms with Crippen molar-refractivity contribution in [2.45, 2.75) is 44.6 Å². The van der Waals surface area contributed by atoms with Crippen molar-refractivity contribution in [2.75, 3.05) is 0 Å². The van der Waals surface area contributed by atoms with Crippen LogP contribution in [0.4, 0.5) is 0 Å². The first-order valence-corrected chi connectivity index (χ1v) is 6.98. The standard InChI is InChI=1S/C14H16N4O/c19-14-11-5-6-12-13(11)9(7-15-17-12)8-16-18(14)10-3-1-2-4-10/h7-8,10,15H,1-6H2. The zero-order chi connectivity index (χ0) is 12.8. The summed E-state index contributed by atoms with van der Waals surface area (Å²) in [6.07, 6.45) is 9.84. The lowest BCUT2D eigenvalue weighted by Crippen LogP contribution is -2.34. The lowest BCUT2D eigenvalue weighted by Gasteiger charge is -2.23. The first kappa shape index (κ1) is 11.0. The van der Waals surface area contributed by atoms with Gasteiger partial charge in [-0.1, -0.05) is 12.8 Å². The highest BCUT2D eigenvalue weighted by atomic mass is 16.2. The normalized spacial score (nSPS) is 26.1. The van der Waals surface area contributed by atoms with E-state index >= 15 is 0 Å². The number of carbonyl (C=O) groups is 1. The first-order chi connectivity index (χ1) is 9.34. The summed E-state index contributed by atoms with van der Waals surface area (Å²) in [4.78, 5) is 12.7. The number of rotatable bonds is 1. The maximum atomic E-state index is 12.7. The minimum absolute atomic E-state index is 0.0913. The highest BCUT2D eigenvalue weighted by Crippen LogP contribution is 2.35. The van der Waals surface area contributed by atoms with Gasteiger partial charge in [0.2, 0.25) is 0 Å². The van der Waals surface area contributed by atoms with Crippen molar-refractivity contribution in [1.29, 1.82) is 0 Å². The maximum Gasteiger partial charge on any atom is 0.270 e. The Morgan fingerprint density at radius 3 is 2.95 bits per heavy atom. The molecule has 0 spiro atoms. The van der Waals surface area contributed by atoms with Crippen molar-refractivity contribution < 1.29 is 4.79 Å². The van der Waals surface area contributed by atoms with E-state index in [1.807, 2.05) is 12.4 Å². The molecule has 1 N–H and O–H groups in total. The molecule has 0 bridgehead atoms. The number of carbonyl (C=O) groups excluding carboxylic acids is 1. The maximum absolute atomic E-state index is 12.7. The van der Waals surface area contributed by atoms with Crippen LogP contribution in [0.2, 0.25) is 0 Å². The van der Waals surface area contributed by atoms with E-state index in [-0.39, 0.29) is 11.9 Å². The molecule has 0 aromatic rings. The highest BCUT2D eigenvalue weighted by molar-refractivity contribution is 6.19. The van der Waals surface area contributed by atoms with Crippen molar-refractivity contribution in [3.8, 4) is 0 Å². The van der Waals surface area contributed by atoms with E-state index in [1.165, 1.54) is 12.8 Å². The zero-order valence-corrected chi connectivity index (χ0v) is 10.7. The Kier molecular flexibility index (Phi) is 2.33. The molecule has 5 nitrogen and oxygen atoms in total. The van der Waals surface area contributed by atoms with Crippen molar-refractivity contribution in [1.82, 2.24) is 10.4 Å². The van der Waals surface area contributed by atoms with E-state index in [9.17, 15) is 4.79 Å². The average Bonchev–Trinajstić information content (AvgIpc) is 3.04. The molecule has 0 radical (unpaired) electrons. The smallest absolute Gasteiger partial charge is 0.270 e. The third kappa shape index (κ3) is 1.57. The minimum atomic E-state index is 0.0913. The van der Waals surface area contributed by atoms with Crippen molar-refractivity contribution >= 4 is 17.8 Å². The Hall–Kier alpha value is -1.91. The molecule has 0 atom stereocenters. The van der Waals surface area contributed by atoms with Crippen molar-refractivity contribution in [3.05, 3.63) is 22.9 Å². The Morgan fingerprint density at radius 2 is 2.11 bits per heavy atom. The molecular weight excluding hydrogens is 240 g/mol. The van der Waals surface area contributed by atoms with Crippen LogP contribution in [0.15, 0.2) is 33.1 Å². The third-order valence-corrected chi connectivity index (χ3v) is 4.37. The average molecular weight is 256 g/mol. The zero-order valence-electron chi connectivity index (χ0n) is 10.7. The SMILES string of the molecule is O=C1C2=C3C(=CNN=C3CC2)C=NN1C1CCCC1. The van der Waals surface area contributed by atoms with E-state index < -0.39 is 0 Å². The Labute approximate surface area is 111 Å². The van der Waals surface area contributed by atoms with Gasteiger partial charge in [-0.05, 0) is 25.7 Å². The molecule has 2 heterocycles. The second kappa shape index (κ2) is 4.05. The molecule has 1 fully saturated rings. The molecule has 2 aliphatic heterocycles. The topological polar surface area (TPSA) is 57.1 Å². The second-order valence-electron chi connectivity index (χ2n) is 5.47. The lowest BCUT2D eigenvalue weighted by molar-refractivity contribution is -0.129. The number of nitrogens with one attached hydrogen (secondary N) is 1. The number of hydrogen-bond acceptors (Lipinski definition) is 4. The fourth-order valence-electron chi connectivity index (χ4n) is 3.41. The summed E-state index contributed by atoms with van der Waals surface area (Å²) in [6, 6.07) is 0.284. The lowest BCUT2D eigenvalue weighted by atomic mass is 10.0. The molecular formula is C14H16N4O. The van der Waals surface area contributed by atoms with Crippen LogP contribution in [-0.2, 0) is 4.79 Å². The van der Waals surface area contributed by atoms with E-state index in [2.05, 4.69) is 15.6 Å². The van der Waals surface area contributed by atoms with Crippen LogP contribution >= 0.6 is 0 Å². The molecule has 19 heavy (non-hydrogen) atoms. The Morgan fingerprint density at radius 1 is 1.26 bits per heavy atom. The molecule has 4 aliphatic rings. The van der Waals surface area contributed by atoms with Crippen molar-refractivity contribution in [3.63, 3.8) is 0 Å². The summed E-state index contributed by atoms with van der Waals surface area (Å²) < 4.78 is 0. The molecule has 1 amide bonds. The first-order valence-electron chi connectivity index (χ1n) is 6.98. The molecule has 4 rings (SSSR count). The summed E-state index contributed by atoms with van der Waals surface area (Å²) in [5, 5.41) is 10.4. The van der Waals surface area contributed by atoms with Crippen LogP contribution in [0, 0.1) is 0 Å². The monoisotopic (exact) mass is 256 g/mol. The molecule has 2 aliphatic carbocycles. The predicted octanol–water partition coefficient (Wildman–Crippen LogP) is 1.69. The van der Waals surface area contributed by atoms with E-state index in [0.29, 0.717) is 0 Å². The summed E-state index contributed by atoms with van der Waals surface area (Å²) in [6.45, 7) is 0. The number of allylic oxidation sites excluding steroid dienone is 2. The molecule has 98 valence electrons. The van der Waals surface area contributed by atoms with Crippen molar-refractivity contribution in [2.24, 2.45) is 10.2 Å². The highest BCUT2D eigenvalue weighted by Gasteiger charge is 2.37. The number of amides is 1. The van der Waals surface area contributed by atoms with Gasteiger partial charge in [0.1, 0.15) is 0 Å². The number of nitrogens with zero attached hydrogens (tertiary/aromatic N) is 3. The number of hydrogen-bond donors (Lipinski definition) is 1. The molecule has 1 saturated carbocycles. The van der Waals surface area contributed by atoms with Gasteiger partial charge in [-0.3, -0.25) is 10.2 Å². The minimum Gasteiger partial charge on any atom is -0.285 e. The van der Waals surface area contributed by atoms with Gasteiger partial charge in [-0.2, -0.15) is 10.2 Å². The van der Waals surface area contributed by atoms with Gasteiger partial charge in [0, 0.05) is 22.9 Å². The largest absolute Gasteiger partial charge is 0.285 e. The van der Waals surface area contributed by atoms with Gasteiger partial charge in [-0.25, -0.2) is 5.01 Å². The molecule has 0 unspecified atom stereocenters. The van der Waals surface area contributed by atoms with Crippen LogP contribution in [0.1, 0.15) is 38.5 Å². The predicted molar refractivity (Wildman–Crippen MR) is 72.5 cm³/mol. The van der Waals surface area contributed by atoms with Gasteiger partial charge >= 0.3 is 0 Å². The quantitative estimate of drug-likeness (QED) is 0.776. The fraction of sp³-hybridized carbons (Fsp3) is 0.500. The van der Waals surface area contributed by atoms with Crippen LogP contribution in [0.5, 0.6) is 0 Å². The van der Waals surface area contributed by atoms with Crippen LogP contribution in [0.3, 0.4) is 0 Å². The van der Waals surface area contributed by atoms with E-state index in [4.69, 9.17) is 0 Å². The fourth-order valence-corrected chi connectivity index (χ4v) is 3.41. The van der Waals surface area contributed by atoms with Gasteiger partial charge in [-0.15, -0.1) is 0 Å². The molecule has 0 saturated heterocycles. The Bertz CT molecular complexity index is 564. The van der Waals surface area contributed by atoms with E-state index in [0.717, 1.165) is 48.1 Å². The van der Waals surface area contributed by atoms with Crippen LogP contribution in [0.25, 0.3) is 0 Å². The van der Waals surface area contributed by atoms with Gasteiger partial charge < -0.3 is 0 Å². The van der Waals surface area contributed by atoms with Gasteiger partial charge in [0.05, 0.1) is 18.0 Å². The van der Waals surface area contributed by atoms with Crippen LogP contribution in [-0.4, -0.2) is 28.9 Å². The van der Waals surface area contributed by atoms with Gasteiger partial charge in [0.15, 0.2) is 0 Å². The van der Waals surface area contributed by atoms with E-state index in [1.54, 1.807) is 5.01 Å². The summed E-state index contributed by atoms with van der Waals surface area (Å²) >= 11 is 0. The molecule has 0 aromatic carbocycles. The summed E-state index contributed by atoms with van der Waals surface area (Å²) in [5.41, 5.74) is 6.82. The van der Waals surface area contributed by atoms with Crippen LogP contribution < -0.4 is 5.43 Å². The summed E-state index contributed by atoms with van der Waals surface area (Å²) in [5.74, 6) is 0.0913. The Balaban J connectivity index is 1.78.